The van der Waals surface area contributed by atoms with Crippen LogP contribution in [0.3, 0.4) is 0 Å². The number of nitrogens with zero attached hydrogens (tertiary/aromatic N) is 1. The quantitative estimate of drug-likeness (QED) is 0.547. The molecule has 0 saturated heterocycles. The van der Waals surface area contributed by atoms with E-state index in [1.54, 1.807) is 24.3 Å². The summed E-state index contributed by atoms with van der Waals surface area (Å²) in [6, 6.07) is 11.8. The maximum absolute atomic E-state index is 12.1. The molecule has 0 radical (unpaired) electrons. The summed E-state index contributed by atoms with van der Waals surface area (Å²) in [4.78, 5) is 33.1. The van der Waals surface area contributed by atoms with E-state index in [1.807, 2.05) is 0 Å². The Bertz CT molecular complexity index is 772. The molecular formula is C17H17N3O5. The Morgan fingerprint density at radius 3 is 2.24 bits per heavy atom. The highest BCUT2D eigenvalue weighted by Gasteiger charge is 2.13. The van der Waals surface area contributed by atoms with Gasteiger partial charge in [-0.25, -0.2) is 0 Å². The summed E-state index contributed by atoms with van der Waals surface area (Å²) in [5, 5.41) is 25.8. The Morgan fingerprint density at radius 2 is 1.72 bits per heavy atom. The lowest BCUT2D eigenvalue weighted by Crippen LogP contribution is -2.28. The van der Waals surface area contributed by atoms with Crippen LogP contribution in [0.5, 0.6) is 0 Å². The number of carbonyl (C=O) groups excluding carboxylic acids is 2. The third-order valence-electron chi connectivity index (χ3n) is 3.41. The first-order chi connectivity index (χ1) is 11.9. The van der Waals surface area contributed by atoms with Crippen molar-refractivity contribution in [3.63, 3.8) is 0 Å². The number of aliphatic hydroxyl groups is 1. The van der Waals surface area contributed by atoms with Crippen molar-refractivity contribution < 1.29 is 19.6 Å². The van der Waals surface area contributed by atoms with Crippen molar-refractivity contribution in [2.24, 2.45) is 0 Å². The van der Waals surface area contributed by atoms with Crippen LogP contribution in [0.15, 0.2) is 48.5 Å². The zero-order valence-electron chi connectivity index (χ0n) is 13.4. The van der Waals surface area contributed by atoms with Gasteiger partial charge in [-0.05, 0) is 42.0 Å². The molecule has 8 nitrogen and oxygen atoms in total. The molecule has 0 spiro atoms. The van der Waals surface area contributed by atoms with Crippen LogP contribution in [-0.4, -0.2) is 28.4 Å². The van der Waals surface area contributed by atoms with E-state index in [-0.39, 0.29) is 24.0 Å². The van der Waals surface area contributed by atoms with Crippen LogP contribution in [0.1, 0.15) is 28.9 Å². The summed E-state index contributed by atoms with van der Waals surface area (Å²) in [5.41, 5.74) is 1.35. The summed E-state index contributed by atoms with van der Waals surface area (Å²) in [6.07, 6.45) is -0.983. The second kappa shape index (κ2) is 8.02. The van der Waals surface area contributed by atoms with Gasteiger partial charge in [-0.2, -0.15) is 0 Å². The van der Waals surface area contributed by atoms with E-state index in [1.165, 1.54) is 31.2 Å². The lowest BCUT2D eigenvalue weighted by molar-refractivity contribution is -0.384. The molecule has 25 heavy (non-hydrogen) atoms. The van der Waals surface area contributed by atoms with Crippen molar-refractivity contribution in [2.75, 3.05) is 11.9 Å². The van der Waals surface area contributed by atoms with Crippen molar-refractivity contribution in [3.05, 3.63) is 69.8 Å². The van der Waals surface area contributed by atoms with E-state index >= 15 is 0 Å². The van der Waals surface area contributed by atoms with E-state index in [0.29, 0.717) is 16.8 Å². The molecule has 0 aliphatic carbocycles. The fraction of sp³-hybridized carbons (Fsp3) is 0.176. The predicted molar refractivity (Wildman–Crippen MR) is 91.1 cm³/mol. The molecule has 0 aliphatic heterocycles. The molecule has 2 aromatic rings. The fourth-order valence-electron chi connectivity index (χ4n) is 2.14. The SMILES string of the molecule is CC(=O)Nc1ccc(C(=O)NC[C@@H](O)c2ccc([N+](=O)[O-])cc2)cc1. The molecule has 0 aliphatic rings. The van der Waals surface area contributed by atoms with Crippen LogP contribution in [0.25, 0.3) is 0 Å². The standard InChI is InChI=1S/C17H17N3O5/c1-11(21)19-14-6-2-13(3-7-14)17(23)18-10-16(22)12-4-8-15(9-5-12)20(24)25/h2-9,16,22H,10H2,1H3,(H,18,23)(H,19,21)/t16-/m1/s1. The summed E-state index contributed by atoms with van der Waals surface area (Å²) in [7, 11) is 0. The molecule has 8 heteroatoms. The number of benzene rings is 2. The number of anilines is 1. The Balaban J connectivity index is 1.92. The molecule has 2 amide bonds. The topological polar surface area (TPSA) is 122 Å². The third-order valence-corrected chi connectivity index (χ3v) is 3.41. The summed E-state index contributed by atoms with van der Waals surface area (Å²) >= 11 is 0. The maximum Gasteiger partial charge on any atom is 0.269 e. The van der Waals surface area contributed by atoms with Gasteiger partial charge < -0.3 is 15.7 Å². The molecule has 2 aromatic carbocycles. The molecule has 130 valence electrons. The molecule has 2 rings (SSSR count). The number of carbonyl (C=O) groups is 2. The monoisotopic (exact) mass is 343 g/mol. The predicted octanol–water partition coefficient (Wildman–Crippen LogP) is 2.02. The number of nitro benzene ring substituents is 1. The highest BCUT2D eigenvalue weighted by atomic mass is 16.6. The van der Waals surface area contributed by atoms with E-state index in [0.717, 1.165) is 0 Å². The zero-order valence-corrected chi connectivity index (χ0v) is 13.4. The summed E-state index contributed by atoms with van der Waals surface area (Å²) < 4.78 is 0. The number of nitrogens with one attached hydrogen (secondary N) is 2. The van der Waals surface area contributed by atoms with Crippen molar-refractivity contribution >= 4 is 23.2 Å². The average Bonchev–Trinajstić information content (AvgIpc) is 2.59. The Morgan fingerprint density at radius 1 is 1.12 bits per heavy atom. The van der Waals surface area contributed by atoms with Crippen LogP contribution in [0.4, 0.5) is 11.4 Å². The van der Waals surface area contributed by atoms with Crippen LogP contribution < -0.4 is 10.6 Å². The smallest absolute Gasteiger partial charge is 0.269 e. The van der Waals surface area contributed by atoms with E-state index in [9.17, 15) is 24.8 Å². The molecule has 0 heterocycles. The number of hydrogen-bond acceptors (Lipinski definition) is 5. The van der Waals surface area contributed by atoms with Crippen LogP contribution >= 0.6 is 0 Å². The Labute approximate surface area is 143 Å². The first-order valence-corrected chi connectivity index (χ1v) is 7.45. The molecular weight excluding hydrogens is 326 g/mol. The number of non-ortho nitro benzene ring substituents is 1. The molecule has 0 fully saturated rings. The van der Waals surface area contributed by atoms with Crippen molar-refractivity contribution in [2.45, 2.75) is 13.0 Å². The second-order valence-electron chi connectivity index (χ2n) is 5.33. The van der Waals surface area contributed by atoms with E-state index in [2.05, 4.69) is 10.6 Å². The number of amides is 2. The Hall–Kier alpha value is -3.26. The van der Waals surface area contributed by atoms with Crippen molar-refractivity contribution in [3.8, 4) is 0 Å². The normalized spacial score (nSPS) is 11.4. The zero-order chi connectivity index (χ0) is 18.4. The lowest BCUT2D eigenvalue weighted by Gasteiger charge is -2.12. The average molecular weight is 343 g/mol. The molecule has 1 atom stereocenters. The van der Waals surface area contributed by atoms with Gasteiger partial charge in [0.05, 0.1) is 11.0 Å². The van der Waals surface area contributed by atoms with Crippen LogP contribution in [-0.2, 0) is 4.79 Å². The van der Waals surface area contributed by atoms with Gasteiger partial charge in [0.2, 0.25) is 5.91 Å². The second-order valence-corrected chi connectivity index (χ2v) is 5.33. The van der Waals surface area contributed by atoms with Crippen molar-refractivity contribution in [1.82, 2.24) is 5.32 Å². The fourth-order valence-corrected chi connectivity index (χ4v) is 2.14. The first-order valence-electron chi connectivity index (χ1n) is 7.45. The minimum atomic E-state index is -0.983. The van der Waals surface area contributed by atoms with Gasteiger partial charge in [0.1, 0.15) is 0 Å². The third kappa shape index (κ3) is 5.11. The largest absolute Gasteiger partial charge is 0.387 e. The van der Waals surface area contributed by atoms with Gasteiger partial charge in [0.15, 0.2) is 0 Å². The molecule has 0 bridgehead atoms. The van der Waals surface area contributed by atoms with E-state index < -0.39 is 11.0 Å². The van der Waals surface area contributed by atoms with Gasteiger partial charge in [-0.3, -0.25) is 19.7 Å². The molecule has 3 N–H and O–H groups in total. The van der Waals surface area contributed by atoms with Gasteiger partial charge >= 0.3 is 0 Å². The van der Waals surface area contributed by atoms with Crippen LogP contribution in [0, 0.1) is 10.1 Å². The summed E-state index contributed by atoms with van der Waals surface area (Å²) in [6.45, 7) is 1.35. The van der Waals surface area contributed by atoms with Gasteiger partial charge in [-0.1, -0.05) is 0 Å². The van der Waals surface area contributed by atoms with E-state index in [4.69, 9.17) is 0 Å². The molecule has 0 aromatic heterocycles. The summed E-state index contributed by atoms with van der Waals surface area (Å²) in [5.74, 6) is -0.584. The molecule has 0 unspecified atom stereocenters. The highest BCUT2D eigenvalue weighted by molar-refractivity contribution is 5.95. The number of hydrogen-bond donors (Lipinski definition) is 3. The minimum Gasteiger partial charge on any atom is -0.387 e. The number of nitro groups is 1. The van der Waals surface area contributed by atoms with Crippen LogP contribution in [0.2, 0.25) is 0 Å². The number of rotatable bonds is 6. The number of aliphatic hydroxyl groups excluding tert-OH is 1. The Kier molecular flexibility index (Phi) is 5.80. The lowest BCUT2D eigenvalue weighted by atomic mass is 10.1. The molecule has 0 saturated carbocycles. The van der Waals surface area contributed by atoms with Crippen molar-refractivity contribution in [1.29, 1.82) is 0 Å². The highest BCUT2D eigenvalue weighted by Crippen LogP contribution is 2.17. The van der Waals surface area contributed by atoms with Gasteiger partial charge in [0.25, 0.3) is 11.6 Å². The first kappa shape index (κ1) is 18.1. The minimum absolute atomic E-state index is 0.0376. The van der Waals surface area contributed by atoms with Gasteiger partial charge in [0, 0.05) is 36.9 Å². The van der Waals surface area contributed by atoms with Gasteiger partial charge in [-0.15, -0.1) is 0 Å². The maximum atomic E-state index is 12.1.